The number of sulfonamides is 1. The molecule has 1 atom stereocenters. The van der Waals surface area contributed by atoms with Gasteiger partial charge < -0.3 is 10.1 Å². The van der Waals surface area contributed by atoms with E-state index in [4.69, 9.17) is 4.74 Å². The number of benzene rings is 2. The summed E-state index contributed by atoms with van der Waals surface area (Å²) in [6.07, 6.45) is 0.765. The molecule has 246 valence electrons. The number of hydrogen-bond acceptors (Lipinski definition) is 9. The molecule has 0 aliphatic rings. The van der Waals surface area contributed by atoms with Crippen LogP contribution < -0.4 is 5.32 Å². The third kappa shape index (κ3) is 7.54. The van der Waals surface area contributed by atoms with Crippen LogP contribution in [0.5, 0.6) is 0 Å². The zero-order valence-electron chi connectivity index (χ0n) is 27.3. The first-order valence-corrected chi connectivity index (χ1v) is 18.6. The quantitative estimate of drug-likeness (QED) is 0.109. The molecule has 0 radical (unpaired) electrons. The van der Waals surface area contributed by atoms with Gasteiger partial charge in [0.2, 0.25) is 15.9 Å². The van der Waals surface area contributed by atoms with Crippen LogP contribution in [0.4, 0.5) is 5.00 Å². The molecule has 0 unspecified atom stereocenters. The number of nitrogens with zero attached hydrogens (tertiary/aromatic N) is 4. The molecule has 0 saturated carbocycles. The van der Waals surface area contributed by atoms with Gasteiger partial charge in [0.15, 0.2) is 11.0 Å². The molecule has 1 amide bonds. The Morgan fingerprint density at radius 2 is 1.72 bits per heavy atom. The van der Waals surface area contributed by atoms with Crippen molar-refractivity contribution in [3.8, 4) is 22.5 Å². The Hall–Kier alpha value is -3.52. The Labute approximate surface area is 279 Å². The zero-order chi connectivity index (χ0) is 33.6. The summed E-state index contributed by atoms with van der Waals surface area (Å²) < 4.78 is 35.2. The van der Waals surface area contributed by atoms with Crippen molar-refractivity contribution in [2.24, 2.45) is 0 Å². The molecule has 0 bridgehead atoms. The number of nitrogens with one attached hydrogen (secondary N) is 1. The maximum Gasteiger partial charge on any atom is 0.341 e. The number of aryl methyl sites for hydroxylation is 2. The lowest BCUT2D eigenvalue weighted by atomic mass is 10.0. The van der Waals surface area contributed by atoms with Gasteiger partial charge in [0.05, 0.1) is 17.3 Å². The summed E-state index contributed by atoms with van der Waals surface area (Å²) in [6.45, 7) is 14.3. The molecule has 0 aliphatic heterocycles. The third-order valence-corrected chi connectivity index (χ3v) is 11.6. The van der Waals surface area contributed by atoms with E-state index in [1.165, 1.54) is 27.4 Å². The first kappa shape index (κ1) is 35.3. The highest BCUT2D eigenvalue weighted by molar-refractivity contribution is 7.99. The van der Waals surface area contributed by atoms with Gasteiger partial charge in [0.25, 0.3) is 0 Å². The van der Waals surface area contributed by atoms with Crippen LogP contribution in [-0.2, 0) is 19.6 Å². The smallest absolute Gasteiger partial charge is 0.341 e. The van der Waals surface area contributed by atoms with E-state index in [1.54, 1.807) is 25.1 Å². The van der Waals surface area contributed by atoms with Gasteiger partial charge >= 0.3 is 5.97 Å². The van der Waals surface area contributed by atoms with Crippen LogP contribution >= 0.6 is 23.1 Å². The van der Waals surface area contributed by atoms with Crippen molar-refractivity contribution in [2.75, 3.05) is 30.8 Å². The van der Waals surface area contributed by atoms with Gasteiger partial charge in [-0.15, -0.1) is 21.5 Å². The number of carbonyl (C=O) groups is 2. The van der Waals surface area contributed by atoms with E-state index >= 15 is 0 Å². The molecule has 0 spiro atoms. The number of hydrogen-bond donors (Lipinski definition) is 1. The van der Waals surface area contributed by atoms with E-state index in [0.717, 1.165) is 28.0 Å². The van der Waals surface area contributed by atoms with Gasteiger partial charge in [-0.05, 0) is 51.8 Å². The van der Waals surface area contributed by atoms with E-state index in [2.05, 4.69) is 15.5 Å². The predicted octanol–water partition coefficient (Wildman–Crippen LogP) is 7.20. The molecule has 0 aliphatic carbocycles. The third-order valence-electron chi connectivity index (χ3n) is 7.62. The van der Waals surface area contributed by atoms with Crippen molar-refractivity contribution >= 4 is 50.0 Å². The number of thiophene rings is 1. The second-order valence-corrected chi connectivity index (χ2v) is 14.8. The van der Waals surface area contributed by atoms with Crippen LogP contribution in [0.3, 0.4) is 0 Å². The number of aromatic nitrogens is 3. The minimum atomic E-state index is -3.66. The Kier molecular flexibility index (Phi) is 11.8. The van der Waals surface area contributed by atoms with Gasteiger partial charge in [0.1, 0.15) is 10.6 Å². The molecule has 2 aromatic heterocycles. The largest absolute Gasteiger partial charge is 0.462 e. The molecule has 1 N–H and O–H groups in total. The molecule has 46 heavy (non-hydrogen) atoms. The van der Waals surface area contributed by atoms with Crippen molar-refractivity contribution in [3.63, 3.8) is 0 Å². The first-order valence-electron chi connectivity index (χ1n) is 15.3. The van der Waals surface area contributed by atoms with Crippen LogP contribution in [0, 0.1) is 13.8 Å². The second kappa shape index (κ2) is 15.4. The van der Waals surface area contributed by atoms with E-state index in [1.807, 2.05) is 76.4 Å². The van der Waals surface area contributed by atoms with Crippen LogP contribution in [0.15, 0.2) is 58.6 Å². The average molecular weight is 684 g/mol. The number of ether oxygens (including phenoxy) is 1. The number of rotatable bonds is 14. The topological polar surface area (TPSA) is 123 Å². The molecule has 2 aromatic carbocycles. The maximum atomic E-state index is 13.3. The van der Waals surface area contributed by atoms with Crippen LogP contribution in [0.2, 0.25) is 0 Å². The molecule has 13 heteroatoms. The summed E-state index contributed by atoms with van der Waals surface area (Å²) in [5.74, 6) is -0.254. The van der Waals surface area contributed by atoms with Crippen molar-refractivity contribution in [1.29, 1.82) is 0 Å². The van der Waals surface area contributed by atoms with E-state index in [-0.39, 0.29) is 29.2 Å². The zero-order valence-corrected chi connectivity index (χ0v) is 29.7. The van der Waals surface area contributed by atoms with Crippen LogP contribution in [-0.4, -0.2) is 64.8 Å². The van der Waals surface area contributed by atoms with Crippen molar-refractivity contribution in [1.82, 2.24) is 19.1 Å². The Balaban J connectivity index is 1.61. The number of thioether (sulfide) groups is 1. The summed E-state index contributed by atoms with van der Waals surface area (Å²) in [5.41, 5.74) is 3.69. The van der Waals surface area contributed by atoms with Gasteiger partial charge in [-0.3, -0.25) is 9.36 Å². The normalized spacial score (nSPS) is 12.3. The fraction of sp³-hybridized carbons (Fsp3) is 0.394. The van der Waals surface area contributed by atoms with E-state index in [9.17, 15) is 18.0 Å². The lowest BCUT2D eigenvalue weighted by molar-refractivity contribution is -0.113. The van der Waals surface area contributed by atoms with Crippen molar-refractivity contribution in [2.45, 2.75) is 71.0 Å². The SMILES string of the molecule is CCOC(=O)c1c(NC(=O)CSc2nnc(-c3cccc(S(=O)(=O)N(CC)CC)c3)n2[C@H](C)CC)sc(C)c1-c1ccc(C)cc1. The fourth-order valence-corrected chi connectivity index (χ4v) is 8.47. The highest BCUT2D eigenvalue weighted by Crippen LogP contribution is 2.41. The van der Waals surface area contributed by atoms with Gasteiger partial charge in [-0.2, -0.15) is 4.31 Å². The molecule has 4 rings (SSSR count). The number of anilines is 1. The molecule has 4 aromatic rings. The number of carbonyl (C=O) groups excluding carboxylic acids is 2. The first-order chi connectivity index (χ1) is 22.0. The van der Waals surface area contributed by atoms with E-state index in [0.29, 0.717) is 40.2 Å². The van der Waals surface area contributed by atoms with Crippen LogP contribution in [0.1, 0.15) is 67.9 Å². The predicted molar refractivity (Wildman–Crippen MR) is 185 cm³/mol. The summed E-state index contributed by atoms with van der Waals surface area (Å²) >= 11 is 2.57. The minimum absolute atomic E-state index is 0.0179. The number of esters is 1. The molecular weight excluding hydrogens is 643 g/mol. The Bertz CT molecular complexity index is 1790. The molecule has 10 nitrogen and oxygen atoms in total. The lowest BCUT2D eigenvalue weighted by Crippen LogP contribution is -2.30. The summed E-state index contributed by atoms with van der Waals surface area (Å²) in [5, 5.41) is 12.7. The van der Waals surface area contributed by atoms with Gasteiger partial charge in [0, 0.05) is 35.1 Å². The molecular formula is C33H41N5O5S3. The molecule has 0 saturated heterocycles. The number of amides is 1. The van der Waals surface area contributed by atoms with Crippen molar-refractivity contribution in [3.05, 3.63) is 64.5 Å². The minimum Gasteiger partial charge on any atom is -0.462 e. The van der Waals surface area contributed by atoms with E-state index < -0.39 is 16.0 Å². The van der Waals surface area contributed by atoms with Gasteiger partial charge in [-0.1, -0.05) is 74.5 Å². The Morgan fingerprint density at radius 3 is 2.35 bits per heavy atom. The molecule has 2 heterocycles. The molecule has 0 fully saturated rings. The summed E-state index contributed by atoms with van der Waals surface area (Å²) in [6, 6.07) is 14.6. The maximum absolute atomic E-state index is 13.3. The van der Waals surface area contributed by atoms with Crippen LogP contribution in [0.25, 0.3) is 22.5 Å². The monoisotopic (exact) mass is 683 g/mol. The fourth-order valence-electron chi connectivity index (χ4n) is 5.05. The average Bonchev–Trinajstić information content (AvgIpc) is 3.61. The lowest BCUT2D eigenvalue weighted by Gasteiger charge is -2.19. The highest BCUT2D eigenvalue weighted by Gasteiger charge is 2.27. The standard InChI is InChI=1S/C33H41N5O5S3/c1-8-22(6)38-30(25-13-12-14-26(19-25)46(41,42)37(9-2)10-3)35-36-33(38)44-20-27(39)34-31-29(32(40)43-11-4)28(23(7)45-31)24-17-15-21(5)16-18-24/h12-19,22H,8-11,20H2,1-7H3,(H,34,39)/t22-/m1/s1. The van der Waals surface area contributed by atoms with Crippen molar-refractivity contribution < 1.29 is 22.7 Å². The van der Waals surface area contributed by atoms with Gasteiger partial charge in [-0.25, -0.2) is 13.2 Å². The Morgan fingerprint density at radius 1 is 1.02 bits per heavy atom. The second-order valence-electron chi connectivity index (χ2n) is 10.7. The highest BCUT2D eigenvalue weighted by atomic mass is 32.2. The summed E-state index contributed by atoms with van der Waals surface area (Å²) in [4.78, 5) is 27.5. The summed E-state index contributed by atoms with van der Waals surface area (Å²) in [7, 11) is -3.66.